The van der Waals surface area contributed by atoms with E-state index < -0.39 is 5.97 Å². The molecule has 6 aromatic carbocycles. The summed E-state index contributed by atoms with van der Waals surface area (Å²) in [5.74, 6) is -0.441. The zero-order chi connectivity index (χ0) is 25.9. The lowest BCUT2D eigenvalue weighted by Gasteiger charge is -2.12. The lowest BCUT2D eigenvalue weighted by Crippen LogP contribution is -2.18. The van der Waals surface area contributed by atoms with Gasteiger partial charge in [0.1, 0.15) is 5.75 Å². The van der Waals surface area contributed by atoms with E-state index in [1.165, 1.54) is 6.21 Å². The minimum Gasteiger partial charge on any atom is -0.422 e. The summed E-state index contributed by atoms with van der Waals surface area (Å²) in [6.07, 6.45) is 1.52. The van der Waals surface area contributed by atoms with Gasteiger partial charge in [0, 0.05) is 11.1 Å². The largest absolute Gasteiger partial charge is 0.422 e. The zero-order valence-corrected chi connectivity index (χ0v) is 20.3. The van der Waals surface area contributed by atoms with Crippen molar-refractivity contribution in [2.75, 3.05) is 0 Å². The van der Waals surface area contributed by atoms with Crippen molar-refractivity contribution in [3.05, 3.63) is 138 Å². The first kappa shape index (κ1) is 23.1. The average Bonchev–Trinajstić information content (AvgIpc) is 2.97. The highest BCUT2D eigenvalue weighted by Crippen LogP contribution is 2.28. The first-order chi connectivity index (χ1) is 18.7. The molecule has 0 saturated heterocycles. The van der Waals surface area contributed by atoms with Crippen LogP contribution in [0.25, 0.3) is 32.3 Å². The molecule has 0 unspecified atom stereocenters. The Morgan fingerprint density at radius 2 is 1.11 bits per heavy atom. The van der Waals surface area contributed by atoms with Crippen LogP contribution in [-0.2, 0) is 0 Å². The Bertz CT molecular complexity index is 1860. The number of hydrogen-bond donors (Lipinski definition) is 1. The van der Waals surface area contributed by atoms with Gasteiger partial charge in [-0.2, -0.15) is 5.10 Å². The monoisotopic (exact) mass is 494 g/mol. The molecule has 0 fully saturated rings. The second-order valence-corrected chi connectivity index (χ2v) is 8.84. The summed E-state index contributed by atoms with van der Waals surface area (Å²) >= 11 is 0. The topological polar surface area (TPSA) is 67.8 Å². The molecular formula is C33H22N2O3. The fourth-order valence-electron chi connectivity index (χ4n) is 4.70. The van der Waals surface area contributed by atoms with Crippen molar-refractivity contribution in [2.45, 2.75) is 0 Å². The molecule has 0 aliphatic rings. The van der Waals surface area contributed by atoms with Crippen LogP contribution in [0.2, 0.25) is 0 Å². The van der Waals surface area contributed by atoms with Crippen molar-refractivity contribution < 1.29 is 14.3 Å². The maximum Gasteiger partial charge on any atom is 0.344 e. The van der Waals surface area contributed by atoms with Crippen molar-refractivity contribution in [3.8, 4) is 5.75 Å². The molecule has 0 saturated carbocycles. The van der Waals surface area contributed by atoms with Gasteiger partial charge in [-0.25, -0.2) is 10.2 Å². The summed E-state index contributed by atoms with van der Waals surface area (Å²) in [7, 11) is 0. The van der Waals surface area contributed by atoms with Crippen LogP contribution in [0.1, 0.15) is 26.3 Å². The van der Waals surface area contributed by atoms with Crippen LogP contribution in [0.3, 0.4) is 0 Å². The Morgan fingerprint density at radius 1 is 0.579 bits per heavy atom. The van der Waals surface area contributed by atoms with Crippen LogP contribution >= 0.6 is 0 Å². The summed E-state index contributed by atoms with van der Waals surface area (Å²) in [4.78, 5) is 26.2. The molecule has 5 heteroatoms. The smallest absolute Gasteiger partial charge is 0.344 e. The van der Waals surface area contributed by atoms with Gasteiger partial charge in [-0.1, -0.05) is 103 Å². The highest BCUT2D eigenvalue weighted by atomic mass is 16.5. The van der Waals surface area contributed by atoms with Crippen LogP contribution in [0, 0.1) is 0 Å². The Balaban J connectivity index is 1.33. The van der Waals surface area contributed by atoms with Crippen LogP contribution in [-0.4, -0.2) is 18.1 Å². The van der Waals surface area contributed by atoms with Gasteiger partial charge in [0.05, 0.1) is 11.8 Å². The fourth-order valence-corrected chi connectivity index (χ4v) is 4.70. The van der Waals surface area contributed by atoms with E-state index >= 15 is 0 Å². The maximum absolute atomic E-state index is 13.3. The molecule has 0 aromatic heterocycles. The lowest BCUT2D eigenvalue weighted by atomic mass is 10.0. The molecule has 5 nitrogen and oxygen atoms in total. The number of amides is 1. The minimum absolute atomic E-state index is 0.326. The Labute approximate surface area is 219 Å². The van der Waals surface area contributed by atoms with Crippen molar-refractivity contribution in [1.82, 2.24) is 5.43 Å². The number of nitrogens with zero attached hydrogens (tertiary/aromatic N) is 1. The van der Waals surface area contributed by atoms with E-state index in [4.69, 9.17) is 4.74 Å². The van der Waals surface area contributed by atoms with E-state index in [1.54, 1.807) is 18.2 Å². The van der Waals surface area contributed by atoms with E-state index in [0.717, 1.165) is 32.3 Å². The summed E-state index contributed by atoms with van der Waals surface area (Å²) in [6, 6.07) is 37.9. The van der Waals surface area contributed by atoms with Gasteiger partial charge in [0.25, 0.3) is 5.91 Å². The highest BCUT2D eigenvalue weighted by molar-refractivity contribution is 6.09. The first-order valence-corrected chi connectivity index (χ1v) is 12.2. The number of benzene rings is 6. The van der Waals surface area contributed by atoms with Gasteiger partial charge in [0.2, 0.25) is 0 Å². The Hall–Kier alpha value is -5.29. The standard InChI is InChI=1S/C33H22N2O3/c36-32(28-17-7-12-22-9-1-4-14-25(22)28)35-34-21-30-27-16-6-3-11-24(27)19-20-31(30)38-33(37)29-18-8-13-23-10-2-5-15-26(23)29/h1-21H,(H,35,36)/b34-21-. The summed E-state index contributed by atoms with van der Waals surface area (Å²) in [6.45, 7) is 0. The number of carbonyl (C=O) groups is 2. The number of hydrogen-bond acceptors (Lipinski definition) is 4. The molecule has 0 heterocycles. The predicted molar refractivity (Wildman–Crippen MR) is 152 cm³/mol. The first-order valence-electron chi connectivity index (χ1n) is 12.2. The van der Waals surface area contributed by atoms with Crippen molar-refractivity contribution in [2.24, 2.45) is 5.10 Å². The average molecular weight is 495 g/mol. The van der Waals surface area contributed by atoms with Crippen LogP contribution in [0.5, 0.6) is 5.75 Å². The molecule has 0 atom stereocenters. The maximum atomic E-state index is 13.3. The third kappa shape index (κ3) is 4.38. The molecule has 38 heavy (non-hydrogen) atoms. The fraction of sp³-hybridized carbons (Fsp3) is 0. The van der Waals surface area contributed by atoms with E-state index in [2.05, 4.69) is 10.5 Å². The number of ether oxygens (including phenoxy) is 1. The molecule has 0 bridgehead atoms. The number of fused-ring (bicyclic) bond motifs is 3. The van der Waals surface area contributed by atoms with Crippen LogP contribution in [0.15, 0.2) is 126 Å². The van der Waals surface area contributed by atoms with E-state index in [-0.39, 0.29) is 5.91 Å². The summed E-state index contributed by atoms with van der Waals surface area (Å²) < 4.78 is 5.90. The SMILES string of the molecule is O=C(N/N=C\c1c(OC(=O)c2cccc3ccccc23)ccc2ccccc12)c1cccc2ccccc12. The predicted octanol–water partition coefficient (Wildman–Crippen LogP) is 7.13. The molecule has 0 aliphatic heterocycles. The number of carbonyl (C=O) groups excluding carboxylic acids is 2. The molecule has 6 rings (SSSR count). The van der Waals surface area contributed by atoms with Gasteiger partial charge in [-0.3, -0.25) is 4.79 Å². The van der Waals surface area contributed by atoms with Gasteiger partial charge in [-0.05, 0) is 50.5 Å². The molecule has 0 radical (unpaired) electrons. The molecule has 0 aliphatic carbocycles. The van der Waals surface area contributed by atoms with E-state index in [0.29, 0.717) is 22.4 Å². The quantitative estimate of drug-likeness (QED) is 0.120. The van der Waals surface area contributed by atoms with E-state index in [1.807, 2.05) is 103 Å². The second kappa shape index (κ2) is 9.99. The number of esters is 1. The van der Waals surface area contributed by atoms with Crippen molar-refractivity contribution >= 4 is 50.4 Å². The molecule has 1 N–H and O–H groups in total. The van der Waals surface area contributed by atoms with Gasteiger partial charge in [-0.15, -0.1) is 0 Å². The van der Waals surface area contributed by atoms with Crippen LogP contribution < -0.4 is 10.2 Å². The Kier molecular flexibility index (Phi) is 6.08. The zero-order valence-electron chi connectivity index (χ0n) is 20.3. The molecule has 182 valence electrons. The number of nitrogens with one attached hydrogen (secondary N) is 1. The third-order valence-corrected chi connectivity index (χ3v) is 6.54. The van der Waals surface area contributed by atoms with Crippen molar-refractivity contribution in [1.29, 1.82) is 0 Å². The number of rotatable bonds is 5. The second-order valence-electron chi connectivity index (χ2n) is 8.84. The van der Waals surface area contributed by atoms with Crippen molar-refractivity contribution in [3.63, 3.8) is 0 Å². The van der Waals surface area contributed by atoms with Gasteiger partial charge < -0.3 is 4.74 Å². The molecular weight excluding hydrogens is 472 g/mol. The normalized spacial score (nSPS) is 11.3. The Morgan fingerprint density at radius 3 is 1.79 bits per heavy atom. The third-order valence-electron chi connectivity index (χ3n) is 6.54. The van der Waals surface area contributed by atoms with Gasteiger partial charge in [0.15, 0.2) is 0 Å². The van der Waals surface area contributed by atoms with Gasteiger partial charge >= 0.3 is 5.97 Å². The summed E-state index contributed by atoms with van der Waals surface area (Å²) in [5.41, 5.74) is 4.23. The highest BCUT2D eigenvalue weighted by Gasteiger charge is 2.16. The molecule has 1 amide bonds. The molecule has 6 aromatic rings. The molecule has 0 spiro atoms. The van der Waals surface area contributed by atoms with Crippen LogP contribution in [0.4, 0.5) is 0 Å². The minimum atomic E-state index is -0.466. The number of hydrazone groups is 1. The lowest BCUT2D eigenvalue weighted by molar-refractivity contribution is 0.0736. The van der Waals surface area contributed by atoms with E-state index in [9.17, 15) is 9.59 Å². The summed E-state index contributed by atoms with van der Waals surface area (Å²) in [5, 5.41) is 9.65.